The molecule has 146 valence electrons. The van der Waals surface area contributed by atoms with Crippen LogP contribution in [0.3, 0.4) is 0 Å². The van der Waals surface area contributed by atoms with Gasteiger partial charge in [0.2, 0.25) is 0 Å². The second-order valence-electron chi connectivity index (χ2n) is 7.28. The lowest BCUT2D eigenvalue weighted by atomic mass is 9.95. The number of nitrogens with one attached hydrogen (secondary N) is 2. The number of aryl methyl sites for hydroxylation is 3. The number of hydrogen-bond acceptors (Lipinski definition) is 4. The molecule has 3 aromatic rings. The van der Waals surface area contributed by atoms with Crippen LogP contribution < -0.4 is 10.6 Å². The molecule has 6 heteroatoms. The first-order valence-corrected chi connectivity index (χ1v) is 10.5. The highest BCUT2D eigenvalue weighted by molar-refractivity contribution is 7.17. The van der Waals surface area contributed by atoms with E-state index in [1.54, 1.807) is 0 Å². The Morgan fingerprint density at radius 1 is 1.14 bits per heavy atom. The highest BCUT2D eigenvalue weighted by atomic mass is 32.1. The average Bonchev–Trinajstić information content (AvgIpc) is 3.19. The van der Waals surface area contributed by atoms with E-state index in [9.17, 15) is 9.59 Å². The molecule has 1 aromatic carbocycles. The summed E-state index contributed by atoms with van der Waals surface area (Å²) in [6.07, 6.45) is 4.05. The molecule has 5 nitrogen and oxygen atoms in total. The quantitative estimate of drug-likeness (QED) is 0.652. The molecule has 2 aromatic heterocycles. The maximum absolute atomic E-state index is 13.0. The fraction of sp³-hybridized carbons (Fsp3) is 0.364. The van der Waals surface area contributed by atoms with E-state index in [1.807, 2.05) is 39.0 Å². The van der Waals surface area contributed by atoms with Crippen molar-refractivity contribution in [2.45, 2.75) is 46.5 Å². The van der Waals surface area contributed by atoms with E-state index in [-0.39, 0.29) is 11.8 Å². The molecule has 2 amide bonds. The number of carbonyl (C=O) groups is 2. The van der Waals surface area contributed by atoms with Gasteiger partial charge in [-0.05, 0) is 64.2 Å². The van der Waals surface area contributed by atoms with Crippen molar-refractivity contribution in [1.29, 1.82) is 0 Å². The summed E-state index contributed by atoms with van der Waals surface area (Å²) < 4.78 is 5.83. The molecule has 28 heavy (non-hydrogen) atoms. The summed E-state index contributed by atoms with van der Waals surface area (Å²) in [6, 6.07) is 5.88. The molecule has 0 saturated carbocycles. The number of carbonyl (C=O) groups excluding carboxylic acids is 2. The first-order valence-electron chi connectivity index (χ1n) is 9.73. The van der Waals surface area contributed by atoms with Crippen molar-refractivity contribution in [3.05, 3.63) is 51.1 Å². The Kier molecular flexibility index (Phi) is 4.98. The van der Waals surface area contributed by atoms with Crippen LogP contribution in [0.2, 0.25) is 0 Å². The molecule has 0 radical (unpaired) electrons. The van der Waals surface area contributed by atoms with E-state index in [2.05, 4.69) is 10.6 Å². The van der Waals surface area contributed by atoms with Gasteiger partial charge in [0, 0.05) is 22.4 Å². The molecule has 0 bridgehead atoms. The molecule has 2 heterocycles. The summed E-state index contributed by atoms with van der Waals surface area (Å²) >= 11 is 1.52. The third kappa shape index (κ3) is 3.22. The number of rotatable bonds is 4. The van der Waals surface area contributed by atoms with Crippen LogP contribution in [0.15, 0.2) is 22.6 Å². The van der Waals surface area contributed by atoms with Crippen molar-refractivity contribution < 1.29 is 14.0 Å². The van der Waals surface area contributed by atoms with Gasteiger partial charge < -0.3 is 15.1 Å². The third-order valence-electron chi connectivity index (χ3n) is 5.26. The maximum atomic E-state index is 13.0. The number of fused-ring (bicyclic) bond motifs is 2. The Hall–Kier alpha value is -2.60. The molecule has 0 fully saturated rings. The topological polar surface area (TPSA) is 71.3 Å². The summed E-state index contributed by atoms with van der Waals surface area (Å²) in [5, 5.41) is 7.42. The van der Waals surface area contributed by atoms with Gasteiger partial charge >= 0.3 is 0 Å². The zero-order chi connectivity index (χ0) is 19.8. The predicted molar refractivity (Wildman–Crippen MR) is 113 cm³/mol. The monoisotopic (exact) mass is 396 g/mol. The highest BCUT2D eigenvalue weighted by Gasteiger charge is 2.27. The van der Waals surface area contributed by atoms with Crippen molar-refractivity contribution in [1.82, 2.24) is 5.32 Å². The molecule has 0 aliphatic heterocycles. The summed E-state index contributed by atoms with van der Waals surface area (Å²) in [6.45, 7) is 6.36. The van der Waals surface area contributed by atoms with Gasteiger partial charge in [0.15, 0.2) is 5.76 Å². The molecule has 0 unspecified atom stereocenters. The predicted octanol–water partition coefficient (Wildman–Crippen LogP) is 4.99. The lowest BCUT2D eigenvalue weighted by Gasteiger charge is -2.12. The number of anilines is 1. The molecule has 0 spiro atoms. The lowest BCUT2D eigenvalue weighted by Crippen LogP contribution is -2.25. The van der Waals surface area contributed by atoms with Crippen LogP contribution in [0.25, 0.3) is 11.0 Å². The van der Waals surface area contributed by atoms with Gasteiger partial charge in [0.05, 0.1) is 5.56 Å². The first kappa shape index (κ1) is 18.7. The summed E-state index contributed by atoms with van der Waals surface area (Å²) in [5.74, 6) is -0.126. The van der Waals surface area contributed by atoms with Gasteiger partial charge in [-0.1, -0.05) is 11.6 Å². The van der Waals surface area contributed by atoms with E-state index in [0.29, 0.717) is 28.5 Å². The normalized spacial score (nSPS) is 13.4. The van der Waals surface area contributed by atoms with E-state index in [1.165, 1.54) is 16.2 Å². The van der Waals surface area contributed by atoms with Gasteiger partial charge in [-0.2, -0.15) is 0 Å². The maximum Gasteiger partial charge on any atom is 0.292 e. The minimum Gasteiger partial charge on any atom is -0.451 e. The lowest BCUT2D eigenvalue weighted by molar-refractivity contribution is 0.0956. The molecule has 0 atom stereocenters. The number of benzene rings is 1. The van der Waals surface area contributed by atoms with Crippen LogP contribution in [0.5, 0.6) is 0 Å². The minimum atomic E-state index is -0.310. The zero-order valence-electron chi connectivity index (χ0n) is 16.4. The zero-order valence-corrected chi connectivity index (χ0v) is 17.2. The average molecular weight is 397 g/mol. The molecular formula is C22H24N2O3S. The number of furan rings is 1. The van der Waals surface area contributed by atoms with Crippen molar-refractivity contribution in [3.63, 3.8) is 0 Å². The standard InChI is InChI=1S/C22H24N2O3S/c1-4-23-20(25)18-14-7-5-6-8-17(14)28-22(18)24-21(26)19-13(3)15-11-12(2)9-10-16(15)27-19/h9-11H,4-8H2,1-3H3,(H,23,25)(H,24,26). The Labute approximate surface area is 168 Å². The summed E-state index contributed by atoms with van der Waals surface area (Å²) in [4.78, 5) is 26.9. The molecule has 1 aliphatic carbocycles. The fourth-order valence-corrected chi connectivity index (χ4v) is 5.14. The smallest absolute Gasteiger partial charge is 0.292 e. The Balaban J connectivity index is 1.71. The number of hydrogen-bond donors (Lipinski definition) is 2. The molecule has 4 rings (SSSR count). The van der Waals surface area contributed by atoms with Crippen LogP contribution in [0.1, 0.15) is 62.2 Å². The van der Waals surface area contributed by atoms with E-state index in [4.69, 9.17) is 4.42 Å². The number of amides is 2. The molecule has 2 N–H and O–H groups in total. The minimum absolute atomic E-state index is 0.117. The van der Waals surface area contributed by atoms with E-state index >= 15 is 0 Å². The van der Waals surface area contributed by atoms with Crippen LogP contribution in [0, 0.1) is 13.8 Å². The molecule has 0 saturated heterocycles. The van der Waals surface area contributed by atoms with Crippen molar-refractivity contribution in [2.24, 2.45) is 0 Å². The Morgan fingerprint density at radius 3 is 2.71 bits per heavy atom. The molecule has 1 aliphatic rings. The fourth-order valence-electron chi connectivity index (χ4n) is 3.85. The summed E-state index contributed by atoms with van der Waals surface area (Å²) in [7, 11) is 0. The van der Waals surface area contributed by atoms with E-state index in [0.717, 1.165) is 47.8 Å². The van der Waals surface area contributed by atoms with E-state index < -0.39 is 0 Å². The van der Waals surface area contributed by atoms with Crippen molar-refractivity contribution in [2.75, 3.05) is 11.9 Å². The summed E-state index contributed by atoms with van der Waals surface area (Å²) in [5.41, 5.74) is 4.35. The largest absolute Gasteiger partial charge is 0.451 e. The van der Waals surface area contributed by atoms with Crippen LogP contribution in [0.4, 0.5) is 5.00 Å². The highest BCUT2D eigenvalue weighted by Crippen LogP contribution is 2.38. The van der Waals surface area contributed by atoms with Crippen LogP contribution in [-0.2, 0) is 12.8 Å². The van der Waals surface area contributed by atoms with Gasteiger partial charge in [-0.15, -0.1) is 11.3 Å². The molecular weight excluding hydrogens is 372 g/mol. The van der Waals surface area contributed by atoms with Crippen molar-refractivity contribution >= 4 is 39.1 Å². The van der Waals surface area contributed by atoms with Gasteiger partial charge in [0.25, 0.3) is 11.8 Å². The first-order chi connectivity index (χ1) is 13.5. The van der Waals surface area contributed by atoms with Gasteiger partial charge in [0.1, 0.15) is 10.6 Å². The van der Waals surface area contributed by atoms with Gasteiger partial charge in [-0.25, -0.2) is 0 Å². The SMILES string of the molecule is CCNC(=O)c1c(NC(=O)c2oc3ccc(C)cc3c2C)sc2c1CCCC2. The number of thiophene rings is 1. The Morgan fingerprint density at radius 2 is 1.93 bits per heavy atom. The second-order valence-corrected chi connectivity index (χ2v) is 8.39. The third-order valence-corrected chi connectivity index (χ3v) is 6.47. The van der Waals surface area contributed by atoms with Gasteiger partial charge in [-0.3, -0.25) is 9.59 Å². The Bertz CT molecular complexity index is 1080. The van der Waals surface area contributed by atoms with Crippen LogP contribution in [-0.4, -0.2) is 18.4 Å². The van der Waals surface area contributed by atoms with Crippen LogP contribution >= 0.6 is 11.3 Å². The second kappa shape index (κ2) is 7.43. The van der Waals surface area contributed by atoms with Crippen molar-refractivity contribution in [3.8, 4) is 0 Å².